The van der Waals surface area contributed by atoms with Gasteiger partial charge in [-0.3, -0.25) is 0 Å². The lowest BCUT2D eigenvalue weighted by molar-refractivity contribution is 1.13. The molecule has 0 saturated carbocycles. The van der Waals surface area contributed by atoms with E-state index in [2.05, 4.69) is 191 Å². The quantitative estimate of drug-likeness (QED) is 0.188. The first-order valence-corrected chi connectivity index (χ1v) is 16.5. The van der Waals surface area contributed by atoms with E-state index in [0.29, 0.717) is 0 Å². The fourth-order valence-corrected chi connectivity index (χ4v) is 7.62. The van der Waals surface area contributed by atoms with Crippen molar-refractivity contribution in [2.24, 2.45) is 0 Å². The molecule has 0 aliphatic carbocycles. The summed E-state index contributed by atoms with van der Waals surface area (Å²) in [4.78, 5) is 2.39. The van der Waals surface area contributed by atoms with Gasteiger partial charge in [-0.05, 0) is 73.7 Å². The van der Waals surface area contributed by atoms with Crippen molar-refractivity contribution in [2.45, 2.75) is 6.92 Å². The fourth-order valence-electron chi connectivity index (χ4n) is 7.62. The van der Waals surface area contributed by atoms with Crippen LogP contribution in [0.4, 0.5) is 11.4 Å². The molecule has 8 aromatic rings. The van der Waals surface area contributed by atoms with Gasteiger partial charge >= 0.3 is 0 Å². The number of fused-ring (bicyclic) bond motifs is 8. The van der Waals surface area contributed by atoms with E-state index in [1.807, 2.05) is 6.08 Å². The number of anilines is 2. The summed E-state index contributed by atoms with van der Waals surface area (Å²) in [5.41, 5.74) is 13.7. The van der Waals surface area contributed by atoms with E-state index >= 15 is 0 Å². The lowest BCUT2D eigenvalue weighted by Crippen LogP contribution is -2.16. The van der Waals surface area contributed by atoms with Crippen LogP contribution in [0.3, 0.4) is 0 Å². The number of aromatic nitrogens is 2. The van der Waals surface area contributed by atoms with Crippen LogP contribution in [-0.2, 0) is 0 Å². The first-order chi connectivity index (χ1) is 23.8. The smallest absolute Gasteiger partial charge is 0.0641 e. The van der Waals surface area contributed by atoms with Crippen LogP contribution < -0.4 is 4.90 Å². The zero-order chi connectivity index (χ0) is 32.2. The predicted molar refractivity (Wildman–Crippen MR) is 204 cm³/mol. The Bertz CT molecular complexity index is 2520. The van der Waals surface area contributed by atoms with Gasteiger partial charge in [0.2, 0.25) is 0 Å². The summed E-state index contributed by atoms with van der Waals surface area (Å²) < 4.78 is 4.78. The van der Waals surface area contributed by atoms with Crippen LogP contribution in [0.5, 0.6) is 0 Å². The molecule has 0 bridgehead atoms. The van der Waals surface area contributed by atoms with Gasteiger partial charge in [-0.25, -0.2) is 0 Å². The van der Waals surface area contributed by atoms with Crippen molar-refractivity contribution in [3.8, 4) is 22.6 Å². The Hall–Kier alpha value is -6.32. The summed E-state index contributed by atoms with van der Waals surface area (Å²) in [6.45, 7) is 6.50. The molecule has 2 aromatic heterocycles. The lowest BCUT2D eigenvalue weighted by Gasteiger charge is -2.28. The topological polar surface area (TPSA) is 13.1 Å². The summed E-state index contributed by atoms with van der Waals surface area (Å²) in [6.07, 6.45) is 6.38. The van der Waals surface area contributed by atoms with Crippen molar-refractivity contribution < 1.29 is 0 Å². The predicted octanol–water partition coefficient (Wildman–Crippen LogP) is 12.0. The normalized spacial score (nSPS) is 13.0. The Kier molecular flexibility index (Phi) is 6.51. The number of hydrogen-bond acceptors (Lipinski definition) is 1. The molecule has 3 heterocycles. The number of hydrogen-bond donors (Lipinski definition) is 0. The van der Waals surface area contributed by atoms with Crippen molar-refractivity contribution in [1.29, 1.82) is 0 Å². The molecule has 3 heteroatoms. The zero-order valence-corrected chi connectivity index (χ0v) is 26.7. The van der Waals surface area contributed by atoms with E-state index in [4.69, 9.17) is 0 Å². The van der Waals surface area contributed by atoms with Gasteiger partial charge in [-0.15, -0.1) is 0 Å². The van der Waals surface area contributed by atoms with E-state index in [1.54, 1.807) is 0 Å². The van der Waals surface area contributed by atoms with Crippen molar-refractivity contribution in [3.63, 3.8) is 0 Å². The molecule has 0 radical (unpaired) electrons. The Morgan fingerprint density at radius 1 is 0.500 bits per heavy atom. The first-order valence-electron chi connectivity index (χ1n) is 16.5. The molecule has 0 N–H and O–H groups in total. The number of para-hydroxylation sites is 5. The molecule has 1 aliphatic rings. The summed E-state index contributed by atoms with van der Waals surface area (Å²) in [6, 6.07) is 54.5. The minimum Gasteiger partial charge on any atom is -0.309 e. The van der Waals surface area contributed by atoms with Gasteiger partial charge < -0.3 is 14.0 Å². The molecule has 228 valence electrons. The van der Waals surface area contributed by atoms with Gasteiger partial charge in [0, 0.05) is 49.9 Å². The highest BCUT2D eigenvalue weighted by Gasteiger charge is 2.31. The summed E-state index contributed by atoms with van der Waals surface area (Å²) in [7, 11) is 0. The van der Waals surface area contributed by atoms with Crippen LogP contribution in [0.2, 0.25) is 0 Å². The van der Waals surface area contributed by atoms with Gasteiger partial charge in [-0.2, -0.15) is 0 Å². The second kappa shape index (κ2) is 11.2. The second-order valence-corrected chi connectivity index (χ2v) is 12.2. The van der Waals surface area contributed by atoms with Crippen LogP contribution in [0, 0.1) is 0 Å². The SMILES string of the molecule is C=CC1=C(/C=C\C)N(c2ccc(-n3c4ccccc4c4ccccc43)cc2)c2ccccc2-c2c1c1ccccc1n2-c1ccccc1. The van der Waals surface area contributed by atoms with Crippen molar-refractivity contribution in [2.75, 3.05) is 4.90 Å². The second-order valence-electron chi connectivity index (χ2n) is 12.2. The zero-order valence-electron chi connectivity index (χ0n) is 26.7. The molecule has 6 aromatic carbocycles. The molecule has 0 atom stereocenters. The Balaban J connectivity index is 1.31. The highest BCUT2D eigenvalue weighted by Crippen LogP contribution is 2.50. The third-order valence-corrected chi connectivity index (χ3v) is 9.55. The molecular weight excluding hydrogens is 583 g/mol. The molecule has 0 amide bonds. The van der Waals surface area contributed by atoms with E-state index in [-0.39, 0.29) is 0 Å². The molecule has 0 spiro atoms. The standard InChI is InChI=1S/C45H33N3/c1-3-16-39-34(4-2)44-37-21-10-14-25-42(37)48(31-17-6-5-7-18-31)45(44)38-22-11-15-26-43(38)46(39)32-27-29-33(30-28-32)47-40-23-12-8-19-35(40)36-20-9-13-24-41(36)47/h3-30H,2H2,1H3/b16-3-. The number of benzene rings is 6. The van der Waals surface area contributed by atoms with Gasteiger partial charge in [-0.1, -0.05) is 110 Å². The third-order valence-electron chi connectivity index (χ3n) is 9.55. The molecule has 0 unspecified atom stereocenters. The molecule has 1 aliphatic heterocycles. The van der Waals surface area contributed by atoms with E-state index in [0.717, 1.165) is 39.6 Å². The maximum atomic E-state index is 4.41. The maximum Gasteiger partial charge on any atom is 0.0641 e. The highest BCUT2D eigenvalue weighted by atomic mass is 15.2. The largest absolute Gasteiger partial charge is 0.309 e. The molecule has 3 nitrogen and oxygen atoms in total. The minimum absolute atomic E-state index is 1.08. The average molecular weight is 616 g/mol. The minimum atomic E-state index is 1.08. The van der Waals surface area contributed by atoms with Crippen LogP contribution >= 0.6 is 0 Å². The maximum absolute atomic E-state index is 4.41. The Morgan fingerprint density at radius 3 is 1.67 bits per heavy atom. The number of rotatable bonds is 5. The van der Waals surface area contributed by atoms with Gasteiger partial charge in [0.15, 0.2) is 0 Å². The Labute approximate surface area is 280 Å². The van der Waals surface area contributed by atoms with Crippen LogP contribution in [0.15, 0.2) is 182 Å². The van der Waals surface area contributed by atoms with Gasteiger partial charge in [0.1, 0.15) is 0 Å². The van der Waals surface area contributed by atoms with Gasteiger partial charge in [0.25, 0.3) is 0 Å². The molecular formula is C45H33N3. The number of allylic oxidation sites excluding steroid dienone is 4. The average Bonchev–Trinajstić information content (AvgIpc) is 3.63. The van der Waals surface area contributed by atoms with Crippen molar-refractivity contribution >= 4 is 49.7 Å². The summed E-state index contributed by atoms with van der Waals surface area (Å²) in [5, 5.41) is 3.72. The summed E-state index contributed by atoms with van der Waals surface area (Å²) >= 11 is 0. The first kappa shape index (κ1) is 27.9. The van der Waals surface area contributed by atoms with E-state index < -0.39 is 0 Å². The van der Waals surface area contributed by atoms with Crippen LogP contribution in [-0.4, -0.2) is 9.13 Å². The van der Waals surface area contributed by atoms with Crippen LogP contribution in [0.1, 0.15) is 12.5 Å². The highest BCUT2D eigenvalue weighted by molar-refractivity contribution is 6.10. The molecule has 0 saturated heterocycles. The molecule has 9 rings (SSSR count). The Morgan fingerprint density at radius 2 is 1.02 bits per heavy atom. The van der Waals surface area contributed by atoms with Crippen molar-refractivity contribution in [3.05, 3.63) is 188 Å². The third kappa shape index (κ3) is 4.08. The van der Waals surface area contributed by atoms with E-state index in [9.17, 15) is 0 Å². The fraction of sp³-hybridized carbons (Fsp3) is 0.0222. The van der Waals surface area contributed by atoms with Crippen LogP contribution in [0.25, 0.3) is 60.9 Å². The van der Waals surface area contributed by atoms with Gasteiger partial charge in [0.05, 0.1) is 33.6 Å². The monoisotopic (exact) mass is 615 g/mol. The van der Waals surface area contributed by atoms with Crippen molar-refractivity contribution in [1.82, 2.24) is 9.13 Å². The summed E-state index contributed by atoms with van der Waals surface area (Å²) in [5.74, 6) is 0. The van der Waals surface area contributed by atoms with E-state index in [1.165, 1.54) is 44.0 Å². The lowest BCUT2D eigenvalue weighted by atomic mass is 9.97. The molecule has 0 fully saturated rings. The molecule has 48 heavy (non-hydrogen) atoms. The number of nitrogens with zero attached hydrogens (tertiary/aromatic N) is 3.